The Bertz CT molecular complexity index is 110. The van der Waals surface area contributed by atoms with Crippen LogP contribution in [0, 0.1) is 0 Å². The van der Waals surface area contributed by atoms with E-state index < -0.39 is 12.6 Å². The predicted molar refractivity (Wildman–Crippen MR) is 26.7 cm³/mol. The molecule has 10 heavy (non-hydrogen) atoms. The topological polar surface area (TPSA) is 33.3 Å². The van der Waals surface area contributed by atoms with E-state index in [-0.39, 0.29) is 0 Å². The number of rotatable bonds is 1. The number of halogens is 3. The van der Waals surface area contributed by atoms with Gasteiger partial charge < -0.3 is 0 Å². The van der Waals surface area contributed by atoms with Gasteiger partial charge in [-0.1, -0.05) is 0 Å². The van der Waals surface area contributed by atoms with Crippen molar-refractivity contribution in [3.63, 3.8) is 0 Å². The van der Waals surface area contributed by atoms with E-state index in [0.717, 1.165) is 0 Å². The molecule has 1 heterocycles. The van der Waals surface area contributed by atoms with Crippen LogP contribution in [0.25, 0.3) is 0 Å². The summed E-state index contributed by atoms with van der Waals surface area (Å²) in [6.07, 6.45) is -5.14. The van der Waals surface area contributed by atoms with Crippen LogP contribution >= 0.6 is 0 Å². The number of hydrazine groups is 1. The lowest BCUT2D eigenvalue weighted by Gasteiger charge is -2.12. The van der Waals surface area contributed by atoms with Gasteiger partial charge in [0.2, 0.25) is 0 Å². The summed E-state index contributed by atoms with van der Waals surface area (Å²) < 4.78 is 37.9. The van der Waals surface area contributed by atoms with Crippen molar-refractivity contribution in [1.82, 2.24) is 10.9 Å². The second kappa shape index (κ2) is 2.73. The van der Waals surface area contributed by atoms with Gasteiger partial charge in [-0.3, -0.25) is 10.2 Å². The molecule has 0 amide bonds. The van der Waals surface area contributed by atoms with E-state index in [1.54, 1.807) is 0 Å². The van der Waals surface area contributed by atoms with E-state index in [4.69, 9.17) is 0 Å². The van der Waals surface area contributed by atoms with Gasteiger partial charge in [-0.2, -0.15) is 0 Å². The minimum absolute atomic E-state index is 0.333. The first-order chi connectivity index (χ1) is 4.58. The zero-order valence-corrected chi connectivity index (χ0v) is 5.03. The van der Waals surface area contributed by atoms with Crippen LogP contribution in [-0.2, 0) is 4.74 Å². The molecule has 1 rings (SSSR count). The fraction of sp³-hybridized carbons (Fsp3) is 1.00. The molecule has 1 aliphatic heterocycles. The molecule has 1 fully saturated rings. The summed E-state index contributed by atoms with van der Waals surface area (Å²) in [5, 5.41) is 0. The molecular weight excluding hydrogens is 149 g/mol. The number of nitrogens with one attached hydrogen (secondary N) is 2. The zero-order valence-electron chi connectivity index (χ0n) is 5.03. The molecule has 0 aliphatic carbocycles. The van der Waals surface area contributed by atoms with Gasteiger partial charge >= 0.3 is 6.36 Å². The van der Waals surface area contributed by atoms with Crippen molar-refractivity contribution in [3.8, 4) is 0 Å². The molecule has 0 aromatic heterocycles. The van der Waals surface area contributed by atoms with E-state index in [2.05, 4.69) is 15.6 Å². The third kappa shape index (κ3) is 2.51. The van der Waals surface area contributed by atoms with Gasteiger partial charge in [0, 0.05) is 13.0 Å². The summed E-state index contributed by atoms with van der Waals surface area (Å²) in [5.74, 6) is 0. The lowest BCUT2D eigenvalue weighted by atomic mass is 10.4. The third-order valence-electron chi connectivity index (χ3n) is 1.07. The highest BCUT2D eigenvalue weighted by Crippen LogP contribution is 2.19. The van der Waals surface area contributed by atoms with E-state index in [0.29, 0.717) is 13.0 Å². The standard InChI is InChI=1S/C4H7F3N2O/c5-4(6,7)10-3-1-2-8-9-3/h3,8-9H,1-2H2. The fourth-order valence-electron chi connectivity index (χ4n) is 0.711. The fourth-order valence-corrected chi connectivity index (χ4v) is 0.711. The van der Waals surface area contributed by atoms with Crippen molar-refractivity contribution in [1.29, 1.82) is 0 Å². The molecule has 0 aromatic carbocycles. The van der Waals surface area contributed by atoms with Crippen LogP contribution in [0.5, 0.6) is 0 Å². The zero-order chi connectivity index (χ0) is 7.61. The van der Waals surface area contributed by atoms with Crippen molar-refractivity contribution < 1.29 is 17.9 Å². The summed E-state index contributed by atoms with van der Waals surface area (Å²) in [7, 11) is 0. The Morgan fingerprint density at radius 3 is 2.50 bits per heavy atom. The summed E-state index contributed by atoms with van der Waals surface area (Å²) in [4.78, 5) is 0. The lowest BCUT2D eigenvalue weighted by molar-refractivity contribution is -0.344. The van der Waals surface area contributed by atoms with Crippen LogP contribution in [0.3, 0.4) is 0 Å². The molecule has 1 atom stereocenters. The highest BCUT2D eigenvalue weighted by atomic mass is 19.4. The molecule has 0 bridgehead atoms. The SMILES string of the molecule is FC(F)(F)OC1CCNN1. The van der Waals surface area contributed by atoms with E-state index >= 15 is 0 Å². The summed E-state index contributed by atoms with van der Waals surface area (Å²) >= 11 is 0. The average molecular weight is 156 g/mol. The molecular formula is C4H7F3N2O. The van der Waals surface area contributed by atoms with Crippen LogP contribution < -0.4 is 10.9 Å². The Morgan fingerprint density at radius 1 is 1.40 bits per heavy atom. The number of hydrogen-bond acceptors (Lipinski definition) is 3. The molecule has 1 aliphatic rings. The second-order valence-electron chi connectivity index (χ2n) is 1.91. The van der Waals surface area contributed by atoms with Gasteiger partial charge in [-0.15, -0.1) is 13.2 Å². The quantitative estimate of drug-likeness (QED) is 0.574. The first kappa shape index (κ1) is 7.77. The van der Waals surface area contributed by atoms with E-state index in [9.17, 15) is 13.2 Å². The first-order valence-electron chi connectivity index (χ1n) is 2.81. The Hall–Kier alpha value is -0.330. The van der Waals surface area contributed by atoms with E-state index in [1.165, 1.54) is 0 Å². The Balaban J connectivity index is 2.24. The lowest BCUT2D eigenvalue weighted by Crippen LogP contribution is -2.35. The molecule has 1 saturated heterocycles. The molecule has 0 saturated carbocycles. The maximum absolute atomic E-state index is 11.4. The third-order valence-corrected chi connectivity index (χ3v) is 1.07. The van der Waals surface area contributed by atoms with Crippen LogP contribution in [0.4, 0.5) is 13.2 Å². The second-order valence-corrected chi connectivity index (χ2v) is 1.91. The van der Waals surface area contributed by atoms with Gasteiger partial charge in [-0.05, 0) is 0 Å². The molecule has 6 heteroatoms. The molecule has 0 aromatic rings. The Labute approximate surface area is 55.5 Å². The van der Waals surface area contributed by atoms with Crippen molar-refractivity contribution in [3.05, 3.63) is 0 Å². The van der Waals surface area contributed by atoms with Crippen molar-refractivity contribution in [2.45, 2.75) is 19.0 Å². The van der Waals surface area contributed by atoms with Gasteiger partial charge in [-0.25, -0.2) is 5.43 Å². The predicted octanol–water partition coefficient (Wildman–Crippen LogP) is 0.347. The molecule has 0 radical (unpaired) electrons. The number of alkyl halides is 3. The summed E-state index contributed by atoms with van der Waals surface area (Å²) in [6, 6.07) is 0. The van der Waals surface area contributed by atoms with Gasteiger partial charge in [0.1, 0.15) is 6.23 Å². The van der Waals surface area contributed by atoms with Crippen LogP contribution in [0.1, 0.15) is 6.42 Å². The highest BCUT2D eigenvalue weighted by molar-refractivity contribution is 4.61. The van der Waals surface area contributed by atoms with Gasteiger partial charge in [0.15, 0.2) is 0 Å². The van der Waals surface area contributed by atoms with Crippen molar-refractivity contribution >= 4 is 0 Å². The highest BCUT2D eigenvalue weighted by Gasteiger charge is 2.34. The molecule has 60 valence electrons. The summed E-state index contributed by atoms with van der Waals surface area (Å²) in [6.45, 7) is 0.501. The largest absolute Gasteiger partial charge is 0.524 e. The number of hydrogen-bond donors (Lipinski definition) is 2. The maximum Gasteiger partial charge on any atom is 0.524 e. The summed E-state index contributed by atoms with van der Waals surface area (Å²) in [5.41, 5.74) is 4.84. The minimum atomic E-state index is -4.54. The van der Waals surface area contributed by atoms with Gasteiger partial charge in [0.25, 0.3) is 0 Å². The Kier molecular flexibility index (Phi) is 2.12. The average Bonchev–Trinajstić information content (AvgIpc) is 2.12. The van der Waals surface area contributed by atoms with Crippen LogP contribution in [-0.4, -0.2) is 19.1 Å². The monoisotopic (exact) mass is 156 g/mol. The molecule has 0 spiro atoms. The van der Waals surface area contributed by atoms with Crippen LogP contribution in [0.2, 0.25) is 0 Å². The van der Waals surface area contributed by atoms with E-state index in [1.807, 2.05) is 0 Å². The van der Waals surface area contributed by atoms with Crippen molar-refractivity contribution in [2.75, 3.05) is 6.54 Å². The number of ether oxygens (including phenoxy) is 1. The molecule has 1 unspecified atom stereocenters. The van der Waals surface area contributed by atoms with Crippen LogP contribution in [0.15, 0.2) is 0 Å². The van der Waals surface area contributed by atoms with Crippen molar-refractivity contribution in [2.24, 2.45) is 0 Å². The minimum Gasteiger partial charge on any atom is -0.272 e. The first-order valence-corrected chi connectivity index (χ1v) is 2.81. The molecule has 2 N–H and O–H groups in total. The normalized spacial score (nSPS) is 27.3. The van der Waals surface area contributed by atoms with Gasteiger partial charge in [0.05, 0.1) is 0 Å². The molecule has 3 nitrogen and oxygen atoms in total. The Morgan fingerprint density at radius 2 is 2.10 bits per heavy atom. The smallest absolute Gasteiger partial charge is 0.272 e. The maximum atomic E-state index is 11.4.